The molecular formula is C14H27N3O6. The minimum atomic E-state index is -1.44. The van der Waals surface area contributed by atoms with Crippen LogP contribution < -0.4 is 10.6 Å². The van der Waals surface area contributed by atoms with Gasteiger partial charge in [-0.3, -0.25) is 4.79 Å². The molecule has 0 radical (unpaired) electrons. The maximum atomic E-state index is 11.7. The molecule has 0 bridgehead atoms. The maximum absolute atomic E-state index is 11.7. The van der Waals surface area contributed by atoms with E-state index in [0.717, 1.165) is 0 Å². The van der Waals surface area contributed by atoms with Gasteiger partial charge >= 0.3 is 12.1 Å². The highest BCUT2D eigenvalue weighted by molar-refractivity contribution is 5.90. The van der Waals surface area contributed by atoms with E-state index in [0.29, 0.717) is 0 Å². The van der Waals surface area contributed by atoms with Crippen LogP contribution in [0.2, 0.25) is 0 Å². The molecule has 0 fully saturated rings. The molecule has 9 heteroatoms. The molecule has 1 amide bonds. The highest BCUT2D eigenvalue weighted by Gasteiger charge is 2.20. The summed E-state index contributed by atoms with van der Waals surface area (Å²) in [6.45, 7) is 10.3. The summed E-state index contributed by atoms with van der Waals surface area (Å²) in [5, 5.41) is 23.5. The third kappa shape index (κ3) is 13.5. The lowest BCUT2D eigenvalue weighted by Gasteiger charge is -2.25. The largest absolute Gasteiger partial charge is 0.481 e. The van der Waals surface area contributed by atoms with E-state index in [9.17, 15) is 14.7 Å². The number of aliphatic imine (C=N–C) groups is 1. The van der Waals surface area contributed by atoms with Crippen LogP contribution in [0.15, 0.2) is 4.99 Å². The van der Waals surface area contributed by atoms with Gasteiger partial charge < -0.3 is 30.3 Å². The Morgan fingerprint density at radius 1 is 1.13 bits per heavy atom. The summed E-state index contributed by atoms with van der Waals surface area (Å²) in [7, 11) is 0. The zero-order chi connectivity index (χ0) is 18.3. The molecule has 0 aliphatic heterocycles. The van der Waals surface area contributed by atoms with E-state index in [4.69, 9.17) is 14.6 Å². The van der Waals surface area contributed by atoms with Crippen LogP contribution in [0.4, 0.5) is 4.79 Å². The normalized spacial score (nSPS) is 14.1. The predicted molar refractivity (Wildman–Crippen MR) is 83.9 cm³/mol. The first-order chi connectivity index (χ1) is 10.3. The van der Waals surface area contributed by atoms with Gasteiger partial charge in [-0.25, -0.2) is 4.79 Å². The minimum Gasteiger partial charge on any atom is -0.481 e. The number of aliphatic hydroxyl groups is 1. The molecule has 0 aliphatic rings. The molecule has 1 unspecified atom stereocenters. The fourth-order valence-electron chi connectivity index (χ4n) is 1.27. The summed E-state index contributed by atoms with van der Waals surface area (Å²) < 4.78 is 10.3. The number of amides is 1. The van der Waals surface area contributed by atoms with Crippen molar-refractivity contribution in [2.75, 3.05) is 6.54 Å². The van der Waals surface area contributed by atoms with Gasteiger partial charge in [-0.2, -0.15) is 0 Å². The van der Waals surface area contributed by atoms with E-state index in [2.05, 4.69) is 15.6 Å². The summed E-state index contributed by atoms with van der Waals surface area (Å²) in [6, 6.07) is 0. The number of hydrogen-bond donors (Lipinski definition) is 4. The Kier molecular flexibility index (Phi) is 7.98. The first kappa shape index (κ1) is 21.1. The van der Waals surface area contributed by atoms with Crippen molar-refractivity contribution in [3.63, 3.8) is 0 Å². The molecule has 0 saturated carbocycles. The van der Waals surface area contributed by atoms with Gasteiger partial charge in [0.15, 0.2) is 0 Å². The average Bonchev–Trinajstić information content (AvgIpc) is 2.21. The van der Waals surface area contributed by atoms with Crippen LogP contribution in [0, 0.1) is 0 Å². The van der Waals surface area contributed by atoms with Crippen LogP contribution in [0.5, 0.6) is 0 Å². The zero-order valence-corrected chi connectivity index (χ0v) is 14.5. The zero-order valence-electron chi connectivity index (χ0n) is 14.5. The van der Waals surface area contributed by atoms with Gasteiger partial charge in [-0.05, 0) is 41.5 Å². The van der Waals surface area contributed by atoms with Crippen LogP contribution in [-0.2, 0) is 14.3 Å². The van der Waals surface area contributed by atoms with Gasteiger partial charge in [0.1, 0.15) is 5.60 Å². The van der Waals surface area contributed by atoms with Crippen LogP contribution >= 0.6 is 0 Å². The summed E-state index contributed by atoms with van der Waals surface area (Å²) in [6.07, 6.45) is -2.51. The number of nitrogens with one attached hydrogen (secondary N) is 2. The fraction of sp³-hybridized carbons (Fsp3) is 0.786. The van der Waals surface area contributed by atoms with Gasteiger partial charge in [0.05, 0.1) is 12.0 Å². The van der Waals surface area contributed by atoms with Gasteiger partial charge in [0.25, 0.3) is 0 Å². The lowest BCUT2D eigenvalue weighted by atomic mass is 10.2. The Bertz CT molecular complexity index is 437. The molecule has 0 aromatic carbocycles. The van der Waals surface area contributed by atoms with Crippen molar-refractivity contribution in [3.8, 4) is 0 Å². The van der Waals surface area contributed by atoms with Gasteiger partial charge in [-0.15, -0.1) is 4.99 Å². The maximum Gasteiger partial charge on any atom is 0.437 e. The second-order valence-electron chi connectivity index (χ2n) is 6.74. The molecule has 0 saturated heterocycles. The second kappa shape index (κ2) is 8.68. The van der Waals surface area contributed by atoms with E-state index >= 15 is 0 Å². The van der Waals surface area contributed by atoms with E-state index in [1.165, 1.54) is 0 Å². The summed E-state index contributed by atoms with van der Waals surface area (Å²) >= 11 is 0. The molecule has 0 aromatic heterocycles. The van der Waals surface area contributed by atoms with Gasteiger partial charge in [-0.1, -0.05) is 0 Å². The van der Waals surface area contributed by atoms with Crippen molar-refractivity contribution in [2.45, 2.75) is 65.6 Å². The summed E-state index contributed by atoms with van der Waals surface area (Å²) in [4.78, 5) is 25.9. The molecule has 23 heavy (non-hydrogen) atoms. The second-order valence-corrected chi connectivity index (χ2v) is 6.74. The van der Waals surface area contributed by atoms with Crippen LogP contribution in [0.25, 0.3) is 0 Å². The number of rotatable bonds is 5. The lowest BCUT2D eigenvalue weighted by Crippen LogP contribution is -2.48. The molecule has 0 heterocycles. The van der Waals surface area contributed by atoms with Crippen molar-refractivity contribution in [2.24, 2.45) is 4.99 Å². The highest BCUT2D eigenvalue weighted by atomic mass is 16.6. The number of guanidine groups is 1. The molecule has 0 aliphatic carbocycles. The standard InChI is InChI=1S/C14H27N3O6/c1-13(2,3)22-11(20)16-10(15-8-7-9(18)19)17-12(21)23-14(4,5)6/h11,20H,7-8H2,1-6H3,(H,18,19)(H2,15,16,17,21). The van der Waals surface area contributed by atoms with Crippen molar-refractivity contribution < 1.29 is 29.3 Å². The van der Waals surface area contributed by atoms with E-state index in [1.54, 1.807) is 41.5 Å². The van der Waals surface area contributed by atoms with Gasteiger partial charge in [0.2, 0.25) is 12.4 Å². The number of aliphatic hydroxyl groups excluding tert-OH is 1. The Morgan fingerprint density at radius 2 is 1.70 bits per heavy atom. The van der Waals surface area contributed by atoms with Gasteiger partial charge in [0, 0.05) is 6.54 Å². The number of carbonyl (C=O) groups excluding carboxylic acids is 1. The van der Waals surface area contributed by atoms with E-state index in [-0.39, 0.29) is 18.9 Å². The first-order valence-corrected chi connectivity index (χ1v) is 7.18. The molecule has 4 N–H and O–H groups in total. The molecule has 1 atom stereocenters. The third-order valence-corrected chi connectivity index (χ3v) is 1.95. The predicted octanol–water partition coefficient (Wildman–Crippen LogP) is 1.02. The summed E-state index contributed by atoms with van der Waals surface area (Å²) in [5.41, 5.74) is -1.36. The molecular weight excluding hydrogens is 306 g/mol. The monoisotopic (exact) mass is 333 g/mol. The number of carboxylic acids is 1. The number of aliphatic carboxylic acids is 1. The number of ether oxygens (including phenoxy) is 2. The SMILES string of the molecule is CC(C)(C)OC(=O)/N=C(/NCCC(=O)O)NC(O)OC(C)(C)C. The fourth-order valence-corrected chi connectivity index (χ4v) is 1.27. The third-order valence-electron chi connectivity index (χ3n) is 1.95. The number of carboxylic acid groups (broad SMARTS) is 1. The van der Waals surface area contributed by atoms with E-state index in [1.807, 2.05) is 0 Å². The number of nitrogens with zero attached hydrogens (tertiary/aromatic N) is 1. The Hall–Kier alpha value is -1.87. The number of hydrogen-bond acceptors (Lipinski definition) is 5. The van der Waals surface area contributed by atoms with Crippen LogP contribution in [0.1, 0.15) is 48.0 Å². The minimum absolute atomic E-state index is 0.00615. The molecule has 0 aromatic rings. The Labute approximate surface area is 136 Å². The van der Waals surface area contributed by atoms with Crippen LogP contribution in [0.3, 0.4) is 0 Å². The summed E-state index contributed by atoms with van der Waals surface area (Å²) in [5.74, 6) is -1.15. The number of carbonyl (C=O) groups is 2. The highest BCUT2D eigenvalue weighted by Crippen LogP contribution is 2.09. The smallest absolute Gasteiger partial charge is 0.437 e. The first-order valence-electron chi connectivity index (χ1n) is 7.18. The average molecular weight is 333 g/mol. The van der Waals surface area contributed by atoms with Crippen LogP contribution in [-0.4, -0.2) is 52.4 Å². The molecule has 9 nitrogen and oxygen atoms in total. The Balaban J connectivity index is 4.85. The molecule has 0 spiro atoms. The Morgan fingerprint density at radius 3 is 2.13 bits per heavy atom. The molecule has 0 rings (SSSR count). The van der Waals surface area contributed by atoms with Crippen molar-refractivity contribution in [3.05, 3.63) is 0 Å². The van der Waals surface area contributed by atoms with Crippen molar-refractivity contribution >= 4 is 18.0 Å². The van der Waals surface area contributed by atoms with E-state index < -0.39 is 29.7 Å². The topological polar surface area (TPSA) is 129 Å². The van der Waals surface area contributed by atoms with Crippen molar-refractivity contribution in [1.29, 1.82) is 0 Å². The van der Waals surface area contributed by atoms with Crippen molar-refractivity contribution in [1.82, 2.24) is 10.6 Å². The molecule has 134 valence electrons. The quantitative estimate of drug-likeness (QED) is 0.333. The lowest BCUT2D eigenvalue weighted by molar-refractivity contribution is -0.172.